The Labute approximate surface area is 184 Å². The van der Waals surface area contributed by atoms with Crippen molar-refractivity contribution < 1.29 is 14.7 Å². The van der Waals surface area contributed by atoms with E-state index in [0.717, 1.165) is 35.8 Å². The van der Waals surface area contributed by atoms with Gasteiger partial charge in [-0.15, -0.1) is 0 Å². The number of carbonyl (C=O) groups is 2. The third kappa shape index (κ3) is 3.18. The number of benzene rings is 2. The lowest BCUT2D eigenvalue weighted by atomic mass is 9.95. The Morgan fingerprint density at radius 1 is 0.969 bits per heavy atom. The molecule has 3 heterocycles. The molecule has 1 aliphatic rings. The molecule has 0 radical (unpaired) electrons. The minimum absolute atomic E-state index is 0.149. The highest BCUT2D eigenvalue weighted by Crippen LogP contribution is 2.40. The lowest BCUT2D eigenvalue weighted by molar-refractivity contribution is -0.122. The number of phenols is 1. The smallest absolute Gasteiger partial charge is 0.259 e. The van der Waals surface area contributed by atoms with Crippen LogP contribution in [0.4, 0.5) is 0 Å². The molecule has 32 heavy (non-hydrogen) atoms. The number of hydrogen-bond acceptors (Lipinski definition) is 4. The molecule has 0 unspecified atom stereocenters. The molecular weight excluding hydrogens is 404 g/mol. The number of carbonyl (C=O) groups excluding carboxylic acids is 2. The average molecular weight is 428 g/mol. The molecular formula is C25H24N4O3. The van der Waals surface area contributed by atoms with Crippen LogP contribution in [0.5, 0.6) is 5.75 Å². The van der Waals surface area contributed by atoms with Gasteiger partial charge >= 0.3 is 0 Å². The summed E-state index contributed by atoms with van der Waals surface area (Å²) in [5, 5.41) is 18.0. The zero-order chi connectivity index (χ0) is 22.2. The number of hydrogen-bond donors (Lipinski definition) is 4. The van der Waals surface area contributed by atoms with Gasteiger partial charge < -0.3 is 20.0 Å². The number of amides is 2. The van der Waals surface area contributed by atoms with E-state index in [4.69, 9.17) is 0 Å². The van der Waals surface area contributed by atoms with E-state index in [1.165, 1.54) is 0 Å². The molecule has 4 aromatic rings. The van der Waals surface area contributed by atoms with Gasteiger partial charge in [-0.1, -0.05) is 37.3 Å². The van der Waals surface area contributed by atoms with Gasteiger partial charge in [0.2, 0.25) is 0 Å². The number of H-pyrrole nitrogens is 1. The summed E-state index contributed by atoms with van der Waals surface area (Å²) in [4.78, 5) is 29.1. The number of aromatic nitrogens is 2. The summed E-state index contributed by atoms with van der Waals surface area (Å²) < 4.78 is 1.97. The first-order valence-electron chi connectivity index (χ1n) is 10.8. The summed E-state index contributed by atoms with van der Waals surface area (Å²) in [5.41, 5.74) is 3.57. The highest BCUT2D eigenvalue weighted by atomic mass is 16.3. The van der Waals surface area contributed by atoms with Crippen molar-refractivity contribution in [2.45, 2.75) is 19.9 Å². The van der Waals surface area contributed by atoms with Crippen LogP contribution in [0.15, 0.2) is 54.9 Å². The third-order valence-corrected chi connectivity index (χ3v) is 5.94. The Hall–Kier alpha value is -3.84. The van der Waals surface area contributed by atoms with Crippen molar-refractivity contribution in [3.8, 4) is 5.75 Å². The van der Waals surface area contributed by atoms with Gasteiger partial charge in [0.05, 0.1) is 16.7 Å². The van der Waals surface area contributed by atoms with Gasteiger partial charge in [-0.3, -0.25) is 14.9 Å². The minimum atomic E-state index is -0.426. The average Bonchev–Trinajstić information content (AvgIpc) is 3.45. The molecule has 1 aliphatic heterocycles. The van der Waals surface area contributed by atoms with E-state index in [1.807, 2.05) is 41.1 Å². The fourth-order valence-electron chi connectivity index (χ4n) is 4.51. The third-order valence-electron chi connectivity index (χ3n) is 5.94. The van der Waals surface area contributed by atoms with Crippen LogP contribution in [0.2, 0.25) is 0 Å². The number of rotatable bonds is 7. The number of phenolic OH excluding ortho intramolecular Hbond substituents is 1. The number of aromatic hydroxyl groups is 1. The highest BCUT2D eigenvalue weighted by molar-refractivity contribution is 6.50. The molecule has 0 saturated heterocycles. The van der Waals surface area contributed by atoms with E-state index in [0.29, 0.717) is 34.3 Å². The monoisotopic (exact) mass is 428 g/mol. The molecule has 162 valence electrons. The van der Waals surface area contributed by atoms with Crippen molar-refractivity contribution >= 4 is 44.8 Å². The van der Waals surface area contributed by atoms with Gasteiger partial charge in [-0.05, 0) is 31.6 Å². The highest BCUT2D eigenvalue weighted by Gasteiger charge is 2.35. The number of imide groups is 1. The zero-order valence-electron chi connectivity index (χ0n) is 17.7. The summed E-state index contributed by atoms with van der Waals surface area (Å²) in [7, 11) is 0. The Morgan fingerprint density at radius 3 is 2.53 bits per heavy atom. The van der Waals surface area contributed by atoms with Gasteiger partial charge in [0, 0.05) is 46.4 Å². The Kier molecular flexibility index (Phi) is 5.03. The second-order valence-corrected chi connectivity index (χ2v) is 7.90. The van der Waals surface area contributed by atoms with Gasteiger partial charge in [0.25, 0.3) is 11.8 Å². The van der Waals surface area contributed by atoms with Crippen LogP contribution < -0.4 is 10.6 Å². The van der Waals surface area contributed by atoms with Crippen LogP contribution in [-0.4, -0.2) is 39.6 Å². The lowest BCUT2D eigenvalue weighted by Gasteiger charge is -2.06. The predicted molar refractivity (Wildman–Crippen MR) is 125 cm³/mol. The van der Waals surface area contributed by atoms with Crippen LogP contribution >= 0.6 is 0 Å². The number of nitrogens with one attached hydrogen (secondary N) is 3. The van der Waals surface area contributed by atoms with Gasteiger partial charge in [-0.25, -0.2) is 0 Å². The number of nitrogens with zero attached hydrogens (tertiary/aromatic N) is 1. The lowest BCUT2D eigenvalue weighted by Crippen LogP contribution is -2.22. The van der Waals surface area contributed by atoms with Crippen molar-refractivity contribution in [1.82, 2.24) is 20.2 Å². The normalized spacial score (nSPS) is 14.2. The maximum atomic E-state index is 13.0. The largest absolute Gasteiger partial charge is 0.506 e. The SMILES string of the molecule is CCNCCCn1cc(C2=C(c3c[nH]c4ccccc34)C(=O)NC2=O)c2cccc(O)c21. The predicted octanol–water partition coefficient (Wildman–Crippen LogP) is 3.40. The van der Waals surface area contributed by atoms with E-state index in [2.05, 4.69) is 22.5 Å². The fourth-order valence-corrected chi connectivity index (χ4v) is 4.51. The molecule has 7 nitrogen and oxygen atoms in total. The van der Waals surface area contributed by atoms with Crippen molar-refractivity contribution in [2.24, 2.45) is 0 Å². The molecule has 2 aromatic carbocycles. The van der Waals surface area contributed by atoms with Gasteiger partial charge in [0.1, 0.15) is 5.75 Å². The molecule has 7 heteroatoms. The molecule has 2 amide bonds. The Morgan fingerprint density at radius 2 is 1.72 bits per heavy atom. The quantitative estimate of drug-likeness (QED) is 0.268. The maximum absolute atomic E-state index is 13.0. The fraction of sp³-hybridized carbons (Fsp3) is 0.200. The molecule has 5 rings (SSSR count). The molecule has 0 fully saturated rings. The van der Waals surface area contributed by atoms with Crippen LogP contribution in [0.3, 0.4) is 0 Å². The topological polar surface area (TPSA) is 99.2 Å². The van der Waals surface area contributed by atoms with Gasteiger partial charge in [-0.2, -0.15) is 0 Å². The van der Waals surface area contributed by atoms with E-state index >= 15 is 0 Å². The second-order valence-electron chi connectivity index (χ2n) is 7.90. The molecule has 0 atom stereocenters. The van der Waals surface area contributed by atoms with Crippen molar-refractivity contribution in [3.63, 3.8) is 0 Å². The summed E-state index contributed by atoms with van der Waals surface area (Å²) in [6.07, 6.45) is 4.51. The zero-order valence-corrected chi connectivity index (χ0v) is 17.7. The minimum Gasteiger partial charge on any atom is -0.506 e. The number of para-hydroxylation sites is 2. The first-order valence-corrected chi connectivity index (χ1v) is 10.8. The summed E-state index contributed by atoms with van der Waals surface area (Å²) in [6, 6.07) is 13.0. The van der Waals surface area contributed by atoms with Gasteiger partial charge in [0.15, 0.2) is 0 Å². The van der Waals surface area contributed by atoms with Crippen LogP contribution in [0.1, 0.15) is 24.5 Å². The van der Waals surface area contributed by atoms with E-state index < -0.39 is 11.8 Å². The molecule has 0 saturated carbocycles. The molecule has 0 bridgehead atoms. The van der Waals surface area contributed by atoms with Crippen LogP contribution in [0.25, 0.3) is 33.0 Å². The maximum Gasteiger partial charge on any atom is 0.259 e. The standard InChI is InChI=1S/C25H24N4O3/c1-2-26-11-6-12-29-14-18(16-8-5-10-20(30)23(16)29)22-21(24(31)28-25(22)32)17-13-27-19-9-4-3-7-15(17)19/h3-5,7-10,13-14,26-27,30H,2,6,11-12H2,1H3,(H,28,31,32). The summed E-state index contributed by atoms with van der Waals surface area (Å²) in [6.45, 7) is 4.48. The molecule has 0 spiro atoms. The van der Waals surface area contributed by atoms with E-state index in [-0.39, 0.29) is 5.75 Å². The molecule has 0 aliphatic carbocycles. The van der Waals surface area contributed by atoms with Crippen LogP contribution in [0, 0.1) is 0 Å². The second kappa shape index (κ2) is 8.01. The van der Waals surface area contributed by atoms with Crippen LogP contribution in [-0.2, 0) is 16.1 Å². The first-order chi connectivity index (χ1) is 15.6. The summed E-state index contributed by atoms with van der Waals surface area (Å²) >= 11 is 0. The Balaban J connectivity index is 1.71. The molecule has 2 aromatic heterocycles. The van der Waals surface area contributed by atoms with E-state index in [1.54, 1.807) is 18.3 Å². The number of aromatic amines is 1. The Bertz CT molecular complexity index is 1390. The number of fused-ring (bicyclic) bond motifs is 2. The first kappa shape index (κ1) is 20.1. The molecule has 4 N–H and O–H groups in total. The summed E-state index contributed by atoms with van der Waals surface area (Å²) in [5.74, 6) is -0.690. The van der Waals surface area contributed by atoms with Crippen molar-refractivity contribution in [2.75, 3.05) is 13.1 Å². The number of aryl methyl sites for hydroxylation is 1. The van der Waals surface area contributed by atoms with E-state index in [9.17, 15) is 14.7 Å². The van der Waals surface area contributed by atoms with Crippen molar-refractivity contribution in [1.29, 1.82) is 0 Å². The van der Waals surface area contributed by atoms with Crippen molar-refractivity contribution in [3.05, 3.63) is 66.0 Å².